The maximum atomic E-state index is 12.1. The molecule has 4 heteroatoms. The molecule has 0 fully saturated rings. The van der Waals surface area contributed by atoms with Gasteiger partial charge in [0.15, 0.2) is 0 Å². The van der Waals surface area contributed by atoms with Crippen LogP contribution in [0.3, 0.4) is 0 Å². The van der Waals surface area contributed by atoms with Crippen LogP contribution in [0, 0.1) is 0 Å². The molecule has 0 aliphatic carbocycles. The molecule has 0 saturated carbocycles. The van der Waals surface area contributed by atoms with Crippen molar-refractivity contribution in [1.29, 1.82) is 0 Å². The Hall–Kier alpha value is -1.39. The van der Waals surface area contributed by atoms with E-state index >= 15 is 0 Å². The summed E-state index contributed by atoms with van der Waals surface area (Å²) in [6.45, 7) is 0.909. The summed E-state index contributed by atoms with van der Waals surface area (Å²) in [6, 6.07) is 9.33. The van der Waals surface area contributed by atoms with Crippen molar-refractivity contribution in [3.63, 3.8) is 0 Å². The molecule has 0 spiro atoms. The fourth-order valence-corrected chi connectivity index (χ4v) is 1.99. The van der Waals surface area contributed by atoms with Crippen molar-refractivity contribution in [1.82, 2.24) is 4.90 Å². The molecule has 0 bridgehead atoms. The number of nitrogens with two attached hydrogens (primary N) is 1. The van der Waals surface area contributed by atoms with Crippen LogP contribution in [0.5, 0.6) is 0 Å². The van der Waals surface area contributed by atoms with Gasteiger partial charge in [0.1, 0.15) is 0 Å². The van der Waals surface area contributed by atoms with Crippen LogP contribution in [0.2, 0.25) is 0 Å². The first-order chi connectivity index (χ1) is 9.15. The molecule has 0 aliphatic rings. The highest BCUT2D eigenvalue weighted by Crippen LogP contribution is 2.05. The fraction of sp³-hybridized carbons (Fsp3) is 0.533. The topological polar surface area (TPSA) is 66.6 Å². The van der Waals surface area contributed by atoms with Crippen LogP contribution in [0.15, 0.2) is 30.3 Å². The van der Waals surface area contributed by atoms with E-state index in [9.17, 15) is 4.79 Å². The van der Waals surface area contributed by atoms with E-state index < -0.39 is 6.04 Å². The summed E-state index contributed by atoms with van der Waals surface area (Å²) >= 11 is 0. The molecule has 0 aliphatic heterocycles. The van der Waals surface area contributed by atoms with E-state index in [-0.39, 0.29) is 12.5 Å². The largest absolute Gasteiger partial charge is 0.396 e. The molecule has 1 unspecified atom stereocenters. The molecule has 0 heterocycles. The number of aliphatic hydroxyl groups excluding tert-OH is 1. The molecule has 1 rings (SSSR count). The Morgan fingerprint density at radius 2 is 1.95 bits per heavy atom. The third-order valence-corrected chi connectivity index (χ3v) is 3.14. The lowest BCUT2D eigenvalue weighted by molar-refractivity contribution is -0.131. The van der Waals surface area contributed by atoms with Crippen LogP contribution < -0.4 is 5.73 Å². The Labute approximate surface area is 115 Å². The van der Waals surface area contributed by atoms with Gasteiger partial charge in [-0.05, 0) is 31.2 Å². The smallest absolute Gasteiger partial charge is 0.239 e. The molecule has 4 nitrogen and oxygen atoms in total. The number of hydrogen-bond acceptors (Lipinski definition) is 3. The van der Waals surface area contributed by atoms with E-state index in [1.54, 1.807) is 11.9 Å². The predicted molar refractivity (Wildman–Crippen MR) is 76.7 cm³/mol. The molecular weight excluding hydrogens is 240 g/mol. The van der Waals surface area contributed by atoms with Crippen molar-refractivity contribution in [3.05, 3.63) is 35.9 Å². The van der Waals surface area contributed by atoms with Gasteiger partial charge in [0, 0.05) is 20.2 Å². The minimum absolute atomic E-state index is 0.0205. The highest BCUT2D eigenvalue weighted by molar-refractivity contribution is 5.81. The number of hydrogen-bond donors (Lipinski definition) is 2. The number of amides is 1. The van der Waals surface area contributed by atoms with Gasteiger partial charge in [0.05, 0.1) is 6.04 Å². The number of likely N-dealkylation sites (N-methyl/N-ethyl adjacent to an activating group) is 1. The Kier molecular flexibility index (Phi) is 7.15. The van der Waals surface area contributed by atoms with Gasteiger partial charge < -0.3 is 15.7 Å². The van der Waals surface area contributed by atoms with Crippen LogP contribution in [-0.4, -0.2) is 42.2 Å². The Morgan fingerprint density at radius 1 is 1.26 bits per heavy atom. The van der Waals surface area contributed by atoms with E-state index in [1.165, 1.54) is 0 Å². The second-order valence-corrected chi connectivity index (χ2v) is 4.84. The number of benzene rings is 1. The lowest BCUT2D eigenvalue weighted by Gasteiger charge is -2.21. The van der Waals surface area contributed by atoms with Gasteiger partial charge in [-0.3, -0.25) is 4.79 Å². The molecule has 1 atom stereocenters. The molecule has 0 aromatic heterocycles. The van der Waals surface area contributed by atoms with Crippen LogP contribution in [0.4, 0.5) is 0 Å². The number of unbranched alkanes of at least 4 members (excludes halogenated alkanes) is 2. The summed E-state index contributed by atoms with van der Waals surface area (Å²) in [6.07, 6.45) is 3.20. The molecule has 1 amide bonds. The average molecular weight is 264 g/mol. The minimum atomic E-state index is -0.481. The van der Waals surface area contributed by atoms with E-state index in [0.717, 1.165) is 24.8 Å². The molecular formula is C15H24N2O2. The summed E-state index contributed by atoms with van der Waals surface area (Å²) in [5, 5.41) is 8.69. The summed E-state index contributed by atoms with van der Waals surface area (Å²) < 4.78 is 0. The van der Waals surface area contributed by atoms with Crippen molar-refractivity contribution in [2.75, 3.05) is 20.2 Å². The maximum Gasteiger partial charge on any atom is 0.239 e. The zero-order valence-corrected chi connectivity index (χ0v) is 11.6. The van der Waals surface area contributed by atoms with Crippen molar-refractivity contribution in [3.8, 4) is 0 Å². The highest BCUT2D eigenvalue weighted by atomic mass is 16.2. The van der Waals surface area contributed by atoms with Crippen molar-refractivity contribution >= 4 is 5.91 Å². The summed E-state index contributed by atoms with van der Waals surface area (Å²) in [5.41, 5.74) is 7.03. The first-order valence-electron chi connectivity index (χ1n) is 6.80. The van der Waals surface area contributed by atoms with Gasteiger partial charge in [0.25, 0.3) is 0 Å². The molecule has 19 heavy (non-hydrogen) atoms. The molecule has 3 N–H and O–H groups in total. The second kappa shape index (κ2) is 8.67. The molecule has 1 aromatic carbocycles. The zero-order valence-electron chi connectivity index (χ0n) is 11.6. The highest BCUT2D eigenvalue weighted by Gasteiger charge is 2.17. The second-order valence-electron chi connectivity index (χ2n) is 4.84. The van der Waals surface area contributed by atoms with Gasteiger partial charge in [0.2, 0.25) is 5.91 Å². The number of carbonyl (C=O) groups is 1. The molecule has 106 valence electrons. The monoisotopic (exact) mass is 264 g/mol. The van der Waals surface area contributed by atoms with Crippen LogP contribution in [0.25, 0.3) is 0 Å². The van der Waals surface area contributed by atoms with Gasteiger partial charge in [-0.25, -0.2) is 0 Å². The maximum absolute atomic E-state index is 12.1. The van der Waals surface area contributed by atoms with E-state index in [0.29, 0.717) is 13.0 Å². The number of aliphatic hydroxyl groups is 1. The van der Waals surface area contributed by atoms with Crippen molar-refractivity contribution in [2.24, 2.45) is 5.73 Å². The van der Waals surface area contributed by atoms with Gasteiger partial charge >= 0.3 is 0 Å². The first kappa shape index (κ1) is 15.7. The zero-order chi connectivity index (χ0) is 14.1. The standard InChI is InChI=1S/C15H24N2O2/c1-17(10-6-3-7-11-18)15(19)14(16)12-13-8-4-2-5-9-13/h2,4-5,8-9,14,18H,3,6-7,10-12,16H2,1H3. The molecule has 0 saturated heterocycles. The van der Waals surface area contributed by atoms with Crippen LogP contribution >= 0.6 is 0 Å². The number of nitrogens with zero attached hydrogens (tertiary/aromatic N) is 1. The Bertz CT molecular complexity index is 368. The molecule has 1 aromatic rings. The lowest BCUT2D eigenvalue weighted by Crippen LogP contribution is -2.43. The third kappa shape index (κ3) is 5.85. The van der Waals surface area contributed by atoms with E-state index in [2.05, 4.69) is 0 Å². The SMILES string of the molecule is CN(CCCCCO)C(=O)C(N)Cc1ccccc1. The number of carbonyl (C=O) groups excluding carboxylic acids is 1. The molecule has 0 radical (unpaired) electrons. The predicted octanol–water partition coefficient (Wildman–Crippen LogP) is 1.18. The van der Waals surface area contributed by atoms with Gasteiger partial charge in [-0.15, -0.1) is 0 Å². The average Bonchev–Trinajstić information content (AvgIpc) is 2.43. The summed E-state index contributed by atoms with van der Waals surface area (Å²) in [7, 11) is 1.78. The quantitative estimate of drug-likeness (QED) is 0.693. The Morgan fingerprint density at radius 3 is 2.58 bits per heavy atom. The number of rotatable bonds is 8. The van der Waals surface area contributed by atoms with Gasteiger partial charge in [-0.1, -0.05) is 30.3 Å². The van der Waals surface area contributed by atoms with Crippen LogP contribution in [0.1, 0.15) is 24.8 Å². The van der Waals surface area contributed by atoms with Crippen molar-refractivity contribution in [2.45, 2.75) is 31.7 Å². The van der Waals surface area contributed by atoms with E-state index in [4.69, 9.17) is 10.8 Å². The summed E-state index contributed by atoms with van der Waals surface area (Å²) in [4.78, 5) is 13.7. The van der Waals surface area contributed by atoms with Crippen molar-refractivity contribution < 1.29 is 9.90 Å². The normalized spacial score (nSPS) is 12.2. The first-order valence-corrected chi connectivity index (χ1v) is 6.80. The minimum Gasteiger partial charge on any atom is -0.396 e. The lowest BCUT2D eigenvalue weighted by atomic mass is 10.1. The van der Waals surface area contributed by atoms with Crippen LogP contribution in [-0.2, 0) is 11.2 Å². The Balaban J connectivity index is 2.35. The summed E-state index contributed by atoms with van der Waals surface area (Å²) in [5.74, 6) is -0.0205. The fourth-order valence-electron chi connectivity index (χ4n) is 1.99. The van der Waals surface area contributed by atoms with Gasteiger partial charge in [-0.2, -0.15) is 0 Å². The third-order valence-electron chi connectivity index (χ3n) is 3.14. The van der Waals surface area contributed by atoms with E-state index in [1.807, 2.05) is 30.3 Å².